The highest BCUT2D eigenvalue weighted by Crippen LogP contribution is 2.41. The molecule has 94 valence electrons. The molecule has 2 rings (SSSR count). The lowest BCUT2D eigenvalue weighted by atomic mass is 10.0. The summed E-state index contributed by atoms with van der Waals surface area (Å²) in [5, 5.41) is 0.482. The van der Waals surface area contributed by atoms with Gasteiger partial charge in [-0.1, -0.05) is 18.5 Å². The predicted molar refractivity (Wildman–Crippen MR) is 71.3 cm³/mol. The van der Waals surface area contributed by atoms with E-state index in [2.05, 4.69) is 32.8 Å². The van der Waals surface area contributed by atoms with Gasteiger partial charge in [0.2, 0.25) is 0 Å². The van der Waals surface area contributed by atoms with Crippen molar-refractivity contribution in [2.75, 3.05) is 7.11 Å². The van der Waals surface area contributed by atoms with E-state index in [1.54, 1.807) is 7.11 Å². The van der Waals surface area contributed by atoms with Crippen LogP contribution in [0, 0.1) is 0 Å². The van der Waals surface area contributed by atoms with Crippen LogP contribution < -0.4 is 0 Å². The maximum atomic E-state index is 6.14. The summed E-state index contributed by atoms with van der Waals surface area (Å²) in [7, 11) is 1.73. The molecule has 0 bridgehead atoms. The molecule has 1 aliphatic carbocycles. The van der Waals surface area contributed by atoms with Crippen LogP contribution in [-0.4, -0.2) is 17.1 Å². The van der Waals surface area contributed by atoms with Crippen molar-refractivity contribution < 1.29 is 4.74 Å². The first-order valence-electron chi connectivity index (χ1n) is 5.90. The second-order valence-electron chi connectivity index (χ2n) is 4.36. The SMILES string of the molecule is CCc1nc(C2(OC)CCCC2)nc(Cl)c1Br. The van der Waals surface area contributed by atoms with E-state index < -0.39 is 0 Å². The number of hydrogen-bond donors (Lipinski definition) is 0. The molecule has 0 aliphatic heterocycles. The van der Waals surface area contributed by atoms with Crippen molar-refractivity contribution in [3.8, 4) is 0 Å². The van der Waals surface area contributed by atoms with Gasteiger partial charge in [0.15, 0.2) is 5.82 Å². The normalized spacial score (nSPS) is 18.6. The summed E-state index contributed by atoms with van der Waals surface area (Å²) < 4.78 is 6.48. The maximum absolute atomic E-state index is 6.14. The molecule has 0 saturated heterocycles. The Labute approximate surface area is 115 Å². The first kappa shape index (κ1) is 13.2. The van der Waals surface area contributed by atoms with Gasteiger partial charge in [-0.2, -0.15) is 0 Å². The summed E-state index contributed by atoms with van der Waals surface area (Å²) in [5.74, 6) is 0.738. The number of halogens is 2. The summed E-state index contributed by atoms with van der Waals surface area (Å²) >= 11 is 9.57. The van der Waals surface area contributed by atoms with E-state index in [0.717, 1.165) is 48.1 Å². The smallest absolute Gasteiger partial charge is 0.162 e. The van der Waals surface area contributed by atoms with Crippen molar-refractivity contribution >= 4 is 27.5 Å². The summed E-state index contributed by atoms with van der Waals surface area (Å²) in [6, 6.07) is 0. The Hall–Kier alpha value is -0.190. The zero-order valence-electron chi connectivity index (χ0n) is 10.1. The molecular weight excluding hydrogens is 304 g/mol. The first-order valence-corrected chi connectivity index (χ1v) is 7.07. The maximum Gasteiger partial charge on any atom is 0.162 e. The Morgan fingerprint density at radius 1 is 1.35 bits per heavy atom. The molecule has 0 aromatic carbocycles. The van der Waals surface area contributed by atoms with Crippen LogP contribution in [0.15, 0.2) is 4.47 Å². The minimum Gasteiger partial charge on any atom is -0.370 e. The third-order valence-electron chi connectivity index (χ3n) is 3.42. The van der Waals surface area contributed by atoms with Crippen LogP contribution in [0.2, 0.25) is 5.15 Å². The predicted octanol–water partition coefficient (Wildman–Crippen LogP) is 3.87. The Balaban J connectivity index is 2.48. The van der Waals surface area contributed by atoms with Crippen LogP contribution in [0.1, 0.15) is 44.1 Å². The first-order chi connectivity index (χ1) is 8.13. The molecule has 1 heterocycles. The van der Waals surface area contributed by atoms with E-state index in [1.807, 2.05) is 0 Å². The molecule has 1 aromatic heterocycles. The second-order valence-corrected chi connectivity index (χ2v) is 5.51. The Bertz CT molecular complexity index is 419. The van der Waals surface area contributed by atoms with Crippen molar-refractivity contribution in [1.29, 1.82) is 0 Å². The third kappa shape index (κ3) is 2.35. The molecule has 0 amide bonds. The van der Waals surface area contributed by atoms with Crippen molar-refractivity contribution in [3.63, 3.8) is 0 Å². The highest BCUT2D eigenvalue weighted by atomic mass is 79.9. The van der Waals surface area contributed by atoms with Crippen LogP contribution in [0.25, 0.3) is 0 Å². The minimum absolute atomic E-state index is 0.325. The summed E-state index contributed by atoms with van der Waals surface area (Å²) in [6.07, 6.45) is 5.10. The molecule has 0 atom stereocenters. The molecule has 5 heteroatoms. The monoisotopic (exact) mass is 318 g/mol. The Kier molecular flexibility index (Phi) is 4.06. The molecule has 0 radical (unpaired) electrons. The fraction of sp³-hybridized carbons (Fsp3) is 0.667. The Morgan fingerprint density at radius 2 is 2.00 bits per heavy atom. The van der Waals surface area contributed by atoms with Gasteiger partial charge in [0.1, 0.15) is 10.8 Å². The van der Waals surface area contributed by atoms with Crippen molar-refractivity contribution in [2.24, 2.45) is 0 Å². The molecule has 0 unspecified atom stereocenters. The molecule has 1 aliphatic rings. The standard InChI is InChI=1S/C12H16BrClN2O/c1-3-8-9(13)10(14)16-11(15-8)12(17-2)6-4-5-7-12/h3-7H2,1-2H3. The Morgan fingerprint density at radius 3 is 2.53 bits per heavy atom. The van der Waals surface area contributed by atoms with Gasteiger partial charge >= 0.3 is 0 Å². The zero-order chi connectivity index (χ0) is 12.5. The van der Waals surface area contributed by atoms with Gasteiger partial charge in [0, 0.05) is 7.11 Å². The number of ether oxygens (including phenoxy) is 1. The van der Waals surface area contributed by atoms with Crippen LogP contribution in [-0.2, 0) is 16.8 Å². The topological polar surface area (TPSA) is 35.0 Å². The van der Waals surface area contributed by atoms with E-state index in [-0.39, 0.29) is 5.60 Å². The number of aryl methyl sites for hydroxylation is 1. The lowest BCUT2D eigenvalue weighted by Crippen LogP contribution is -2.28. The number of hydrogen-bond acceptors (Lipinski definition) is 3. The van der Waals surface area contributed by atoms with E-state index in [0.29, 0.717) is 5.15 Å². The molecule has 1 fully saturated rings. The highest BCUT2D eigenvalue weighted by Gasteiger charge is 2.39. The average molecular weight is 320 g/mol. The minimum atomic E-state index is -0.325. The summed E-state index contributed by atoms with van der Waals surface area (Å²) in [6.45, 7) is 2.06. The van der Waals surface area contributed by atoms with Crippen LogP contribution >= 0.6 is 27.5 Å². The quantitative estimate of drug-likeness (QED) is 0.793. The van der Waals surface area contributed by atoms with Crippen LogP contribution in [0.4, 0.5) is 0 Å². The molecule has 3 nitrogen and oxygen atoms in total. The van der Waals surface area contributed by atoms with E-state index in [9.17, 15) is 0 Å². The van der Waals surface area contributed by atoms with Gasteiger partial charge < -0.3 is 4.74 Å². The molecular formula is C12H16BrClN2O. The lowest BCUT2D eigenvalue weighted by molar-refractivity contribution is -0.0164. The molecule has 17 heavy (non-hydrogen) atoms. The largest absolute Gasteiger partial charge is 0.370 e. The van der Waals surface area contributed by atoms with Gasteiger partial charge in [-0.15, -0.1) is 0 Å². The number of nitrogens with zero attached hydrogens (tertiary/aromatic N) is 2. The van der Waals surface area contributed by atoms with E-state index in [1.165, 1.54) is 0 Å². The average Bonchev–Trinajstić information content (AvgIpc) is 2.82. The van der Waals surface area contributed by atoms with Crippen LogP contribution in [0.3, 0.4) is 0 Å². The van der Waals surface area contributed by atoms with Crippen molar-refractivity contribution in [3.05, 3.63) is 21.1 Å². The highest BCUT2D eigenvalue weighted by molar-refractivity contribution is 9.10. The molecule has 1 saturated carbocycles. The third-order valence-corrected chi connectivity index (χ3v) is 4.76. The summed E-state index contributed by atoms with van der Waals surface area (Å²) in [4.78, 5) is 9.00. The fourth-order valence-corrected chi connectivity index (χ4v) is 3.01. The van der Waals surface area contributed by atoms with Gasteiger partial charge in [-0.05, 0) is 48.0 Å². The van der Waals surface area contributed by atoms with E-state index >= 15 is 0 Å². The van der Waals surface area contributed by atoms with Gasteiger partial charge in [0.25, 0.3) is 0 Å². The molecule has 1 aromatic rings. The summed E-state index contributed by atoms with van der Waals surface area (Å²) in [5.41, 5.74) is 0.622. The molecule has 0 spiro atoms. The number of aromatic nitrogens is 2. The fourth-order valence-electron chi connectivity index (χ4n) is 2.37. The van der Waals surface area contributed by atoms with E-state index in [4.69, 9.17) is 16.3 Å². The number of rotatable bonds is 3. The lowest BCUT2D eigenvalue weighted by Gasteiger charge is -2.26. The zero-order valence-corrected chi connectivity index (χ0v) is 12.4. The van der Waals surface area contributed by atoms with Gasteiger partial charge in [-0.25, -0.2) is 9.97 Å². The molecule has 0 N–H and O–H groups in total. The van der Waals surface area contributed by atoms with Crippen molar-refractivity contribution in [2.45, 2.75) is 44.6 Å². The second kappa shape index (κ2) is 5.21. The number of methoxy groups -OCH3 is 1. The van der Waals surface area contributed by atoms with Gasteiger partial charge in [-0.3, -0.25) is 0 Å². The van der Waals surface area contributed by atoms with Crippen LogP contribution in [0.5, 0.6) is 0 Å². The van der Waals surface area contributed by atoms with Crippen molar-refractivity contribution in [1.82, 2.24) is 9.97 Å². The van der Waals surface area contributed by atoms with Gasteiger partial charge in [0.05, 0.1) is 10.2 Å².